The molecule has 2 heterocycles. The molecule has 6 aromatic rings. The van der Waals surface area contributed by atoms with Crippen molar-refractivity contribution in [2.24, 2.45) is 0 Å². The topological polar surface area (TPSA) is 9.86 Å². The van der Waals surface area contributed by atoms with Gasteiger partial charge in [-0.2, -0.15) is 0 Å². The molecular weight excluding hydrogens is 472 g/mol. The first-order valence-electron chi connectivity index (χ1n) is 13.3. The van der Waals surface area contributed by atoms with Crippen molar-refractivity contribution in [1.29, 1.82) is 0 Å². The Hall–Kier alpha value is -5.00. The molecular formula is C37H30N2. The highest BCUT2D eigenvalue weighted by Gasteiger charge is 2.14. The Morgan fingerprint density at radius 1 is 0.769 bits per heavy atom. The molecule has 0 aliphatic rings. The van der Waals surface area contributed by atoms with E-state index in [1.54, 1.807) is 6.08 Å². The SMILES string of the molecule is C#C/C=C\c1c(C)n(/C(C)=C/C=C\Cc2ccccc2-n2c3ccccc3c3ccccc32)c2ccccc12. The first-order chi connectivity index (χ1) is 19.2. The number of terminal acetylenes is 1. The number of hydrogen-bond donors (Lipinski definition) is 0. The lowest BCUT2D eigenvalue weighted by Crippen LogP contribution is -1.99. The molecule has 188 valence electrons. The number of para-hydroxylation sites is 4. The average molecular weight is 503 g/mol. The Balaban J connectivity index is 1.35. The van der Waals surface area contributed by atoms with Crippen molar-refractivity contribution in [2.45, 2.75) is 20.3 Å². The van der Waals surface area contributed by atoms with E-state index >= 15 is 0 Å². The predicted octanol–water partition coefficient (Wildman–Crippen LogP) is 9.35. The summed E-state index contributed by atoms with van der Waals surface area (Å²) >= 11 is 0. The van der Waals surface area contributed by atoms with Crippen molar-refractivity contribution in [1.82, 2.24) is 9.13 Å². The molecule has 0 unspecified atom stereocenters. The Morgan fingerprint density at radius 3 is 2.05 bits per heavy atom. The highest BCUT2D eigenvalue weighted by Crippen LogP contribution is 2.33. The van der Waals surface area contributed by atoms with Gasteiger partial charge in [-0.05, 0) is 68.3 Å². The summed E-state index contributed by atoms with van der Waals surface area (Å²) in [6.45, 7) is 4.31. The Labute approximate surface area is 229 Å². The minimum Gasteiger partial charge on any atom is -0.317 e. The van der Waals surface area contributed by atoms with E-state index in [-0.39, 0.29) is 0 Å². The van der Waals surface area contributed by atoms with Gasteiger partial charge in [-0.3, -0.25) is 0 Å². The van der Waals surface area contributed by atoms with Gasteiger partial charge in [0.2, 0.25) is 0 Å². The minimum absolute atomic E-state index is 0.836. The Morgan fingerprint density at radius 2 is 1.36 bits per heavy atom. The second-order valence-electron chi connectivity index (χ2n) is 9.79. The molecule has 4 aromatic carbocycles. The van der Waals surface area contributed by atoms with Crippen molar-refractivity contribution in [3.8, 4) is 18.0 Å². The number of fused-ring (bicyclic) bond motifs is 4. The molecule has 0 fully saturated rings. The zero-order valence-electron chi connectivity index (χ0n) is 22.3. The van der Waals surface area contributed by atoms with E-state index in [9.17, 15) is 0 Å². The summed E-state index contributed by atoms with van der Waals surface area (Å²) in [5, 5.41) is 3.77. The van der Waals surface area contributed by atoms with Gasteiger partial charge in [0.05, 0.1) is 16.6 Å². The molecule has 0 saturated carbocycles. The monoisotopic (exact) mass is 502 g/mol. The lowest BCUT2D eigenvalue weighted by molar-refractivity contribution is 1.07. The zero-order chi connectivity index (χ0) is 26.8. The van der Waals surface area contributed by atoms with Crippen molar-refractivity contribution in [3.05, 3.63) is 138 Å². The van der Waals surface area contributed by atoms with E-state index in [4.69, 9.17) is 6.42 Å². The van der Waals surface area contributed by atoms with Crippen LogP contribution in [0.5, 0.6) is 0 Å². The number of nitrogens with zero attached hydrogens (tertiary/aromatic N) is 2. The largest absolute Gasteiger partial charge is 0.317 e. The maximum atomic E-state index is 5.50. The molecule has 0 aliphatic heterocycles. The van der Waals surface area contributed by atoms with Crippen molar-refractivity contribution in [3.63, 3.8) is 0 Å². The summed E-state index contributed by atoms with van der Waals surface area (Å²) in [6.07, 6.45) is 16.7. The van der Waals surface area contributed by atoms with E-state index in [0.29, 0.717) is 0 Å². The van der Waals surface area contributed by atoms with Gasteiger partial charge in [0.15, 0.2) is 0 Å². The number of benzene rings is 4. The van der Waals surface area contributed by atoms with Crippen LogP contribution >= 0.6 is 0 Å². The molecule has 39 heavy (non-hydrogen) atoms. The highest BCUT2D eigenvalue weighted by molar-refractivity contribution is 6.09. The van der Waals surface area contributed by atoms with Crippen molar-refractivity contribution in [2.75, 3.05) is 0 Å². The molecule has 6 rings (SSSR count). The fraction of sp³-hybridized carbons (Fsp3) is 0.0811. The fourth-order valence-corrected chi connectivity index (χ4v) is 5.75. The van der Waals surface area contributed by atoms with Gasteiger partial charge in [0, 0.05) is 38.8 Å². The summed E-state index contributed by atoms with van der Waals surface area (Å²) in [5.41, 5.74) is 9.67. The first kappa shape index (κ1) is 24.3. The van der Waals surface area contributed by atoms with Crippen LogP contribution in [0.25, 0.3) is 50.2 Å². The van der Waals surface area contributed by atoms with Crippen LogP contribution in [-0.4, -0.2) is 9.13 Å². The van der Waals surface area contributed by atoms with Gasteiger partial charge < -0.3 is 9.13 Å². The molecule has 2 aromatic heterocycles. The average Bonchev–Trinajstić information content (AvgIpc) is 3.45. The summed E-state index contributed by atoms with van der Waals surface area (Å²) in [6, 6.07) is 34.5. The van der Waals surface area contributed by atoms with Gasteiger partial charge in [0.25, 0.3) is 0 Å². The molecule has 0 bridgehead atoms. The summed E-state index contributed by atoms with van der Waals surface area (Å²) < 4.78 is 4.71. The van der Waals surface area contributed by atoms with Crippen LogP contribution in [-0.2, 0) is 6.42 Å². The normalized spacial score (nSPS) is 12.4. The van der Waals surface area contributed by atoms with E-state index in [2.05, 4.69) is 144 Å². The molecule has 0 amide bonds. The summed E-state index contributed by atoms with van der Waals surface area (Å²) in [7, 11) is 0. The summed E-state index contributed by atoms with van der Waals surface area (Å²) in [5.74, 6) is 2.62. The van der Waals surface area contributed by atoms with Crippen LogP contribution in [0.15, 0.2) is 121 Å². The number of allylic oxidation sites excluding steroid dienone is 5. The first-order valence-corrected chi connectivity index (χ1v) is 13.3. The van der Waals surface area contributed by atoms with Gasteiger partial charge in [-0.1, -0.05) is 90.9 Å². The second-order valence-corrected chi connectivity index (χ2v) is 9.79. The standard InChI is InChI=1S/C37H30N2/c1-4-5-19-30-28(3)38(35-24-13-9-20-31(30)35)27(2)16-6-7-17-29-18-8-12-23-34(29)39-36-25-14-10-21-32(36)33-22-11-15-26-37(33)39/h1,5-16,18-26H,17H2,2-3H3/b7-6-,19-5-,27-16+. The third kappa shape index (κ3) is 4.29. The Kier molecular flexibility index (Phi) is 6.49. The van der Waals surface area contributed by atoms with E-state index in [1.807, 2.05) is 6.08 Å². The van der Waals surface area contributed by atoms with Crippen molar-refractivity contribution < 1.29 is 0 Å². The second kappa shape index (κ2) is 10.4. The molecule has 0 N–H and O–H groups in total. The fourth-order valence-electron chi connectivity index (χ4n) is 5.75. The Bertz CT molecular complexity index is 1910. The predicted molar refractivity (Wildman–Crippen MR) is 168 cm³/mol. The zero-order valence-corrected chi connectivity index (χ0v) is 22.3. The van der Waals surface area contributed by atoms with Crippen LogP contribution in [0.3, 0.4) is 0 Å². The molecule has 2 nitrogen and oxygen atoms in total. The van der Waals surface area contributed by atoms with Crippen LogP contribution in [0.1, 0.15) is 23.7 Å². The van der Waals surface area contributed by atoms with Gasteiger partial charge in [-0.25, -0.2) is 0 Å². The van der Waals surface area contributed by atoms with Crippen LogP contribution in [0.2, 0.25) is 0 Å². The van der Waals surface area contributed by atoms with Crippen molar-refractivity contribution >= 4 is 44.5 Å². The minimum atomic E-state index is 0.836. The smallest absolute Gasteiger partial charge is 0.0541 e. The van der Waals surface area contributed by atoms with E-state index in [0.717, 1.165) is 12.1 Å². The van der Waals surface area contributed by atoms with E-state index in [1.165, 1.54) is 55.2 Å². The van der Waals surface area contributed by atoms with E-state index < -0.39 is 0 Å². The molecule has 0 spiro atoms. The number of hydrogen-bond acceptors (Lipinski definition) is 0. The van der Waals surface area contributed by atoms with Gasteiger partial charge in [-0.15, -0.1) is 6.42 Å². The van der Waals surface area contributed by atoms with Crippen LogP contribution < -0.4 is 0 Å². The lowest BCUT2D eigenvalue weighted by Gasteiger charge is -2.12. The molecule has 2 heteroatoms. The molecule has 0 radical (unpaired) electrons. The third-order valence-corrected chi connectivity index (χ3v) is 7.48. The highest BCUT2D eigenvalue weighted by atomic mass is 15.0. The lowest BCUT2D eigenvalue weighted by atomic mass is 10.1. The third-order valence-electron chi connectivity index (χ3n) is 7.48. The maximum absolute atomic E-state index is 5.50. The number of aromatic nitrogens is 2. The van der Waals surface area contributed by atoms with Crippen LogP contribution in [0, 0.1) is 19.3 Å². The maximum Gasteiger partial charge on any atom is 0.0541 e. The van der Waals surface area contributed by atoms with Gasteiger partial charge >= 0.3 is 0 Å². The summed E-state index contributed by atoms with van der Waals surface area (Å²) in [4.78, 5) is 0. The quantitative estimate of drug-likeness (QED) is 0.159. The molecule has 0 atom stereocenters. The molecule has 0 saturated heterocycles. The molecule has 0 aliphatic carbocycles. The number of rotatable bonds is 6. The van der Waals surface area contributed by atoms with Crippen LogP contribution in [0.4, 0.5) is 0 Å². The van der Waals surface area contributed by atoms with Gasteiger partial charge in [0.1, 0.15) is 0 Å².